The van der Waals surface area contributed by atoms with Crippen molar-refractivity contribution in [1.82, 2.24) is 0 Å². The van der Waals surface area contributed by atoms with Gasteiger partial charge in [0.15, 0.2) is 0 Å². The van der Waals surface area contributed by atoms with Gasteiger partial charge in [-0.2, -0.15) is 0 Å². The van der Waals surface area contributed by atoms with Gasteiger partial charge in [-0.25, -0.2) is 0 Å². The van der Waals surface area contributed by atoms with Crippen LogP contribution in [0.25, 0.3) is 0 Å². The Morgan fingerprint density at radius 1 is 1.50 bits per heavy atom. The summed E-state index contributed by atoms with van der Waals surface area (Å²) in [6.07, 6.45) is 2.23. The van der Waals surface area contributed by atoms with Gasteiger partial charge in [-0.1, -0.05) is 17.9 Å². The Morgan fingerprint density at radius 2 is 2.39 bits per heavy atom. The molecule has 2 N–H and O–H groups in total. The minimum Gasteiger partial charge on any atom is -0.487 e. The molecule has 1 atom stereocenters. The lowest BCUT2D eigenvalue weighted by Crippen LogP contribution is -2.28. The lowest BCUT2D eigenvalue weighted by atomic mass is 10.1. The Balaban J connectivity index is 2.15. The predicted molar refractivity (Wildman–Crippen MR) is 71.6 cm³/mol. The van der Waals surface area contributed by atoms with Crippen LogP contribution in [0.15, 0.2) is 18.2 Å². The fourth-order valence-corrected chi connectivity index (χ4v) is 1.97. The van der Waals surface area contributed by atoms with Crippen LogP contribution in [-0.4, -0.2) is 25.9 Å². The minimum absolute atomic E-state index is 0.139. The van der Waals surface area contributed by atoms with Crippen LogP contribution in [0.1, 0.15) is 24.0 Å². The average Bonchev–Trinajstić information content (AvgIpc) is 2.40. The minimum atomic E-state index is 0.139. The van der Waals surface area contributed by atoms with Crippen LogP contribution >= 0.6 is 0 Å². The van der Waals surface area contributed by atoms with Crippen LogP contribution in [0, 0.1) is 18.8 Å². The first-order valence-electron chi connectivity index (χ1n) is 6.33. The highest BCUT2D eigenvalue weighted by molar-refractivity contribution is 5.48. The van der Waals surface area contributed by atoms with Crippen molar-refractivity contribution in [2.75, 3.05) is 19.8 Å². The maximum Gasteiger partial charge on any atom is 0.135 e. The third kappa shape index (κ3) is 3.49. The number of nitrogens with two attached hydrogens (primary N) is 1. The molecule has 18 heavy (non-hydrogen) atoms. The predicted octanol–water partition coefficient (Wildman–Crippen LogP) is 1.86. The number of ether oxygens (including phenoxy) is 2. The van der Waals surface area contributed by atoms with Gasteiger partial charge in [-0.15, -0.1) is 0 Å². The highest BCUT2D eigenvalue weighted by Gasteiger charge is 2.16. The van der Waals surface area contributed by atoms with Crippen molar-refractivity contribution in [3.63, 3.8) is 0 Å². The van der Waals surface area contributed by atoms with Gasteiger partial charge in [0.25, 0.3) is 0 Å². The molecule has 1 aliphatic rings. The van der Waals surface area contributed by atoms with E-state index in [-0.39, 0.29) is 6.10 Å². The molecular formula is C15H19NO2. The molecule has 3 nitrogen and oxygen atoms in total. The maximum absolute atomic E-state index is 5.97. The van der Waals surface area contributed by atoms with E-state index in [1.807, 2.05) is 25.1 Å². The molecule has 0 saturated carbocycles. The molecule has 96 valence electrons. The van der Waals surface area contributed by atoms with E-state index in [2.05, 4.69) is 11.8 Å². The second kappa shape index (κ2) is 6.44. The molecule has 1 saturated heterocycles. The summed E-state index contributed by atoms with van der Waals surface area (Å²) in [5, 5.41) is 0. The third-order valence-electron chi connectivity index (χ3n) is 2.87. The van der Waals surface area contributed by atoms with E-state index in [0.29, 0.717) is 13.2 Å². The number of hydrogen-bond acceptors (Lipinski definition) is 3. The summed E-state index contributed by atoms with van der Waals surface area (Å²) in [5.41, 5.74) is 7.49. The number of aryl methyl sites for hydroxylation is 1. The van der Waals surface area contributed by atoms with Crippen LogP contribution in [0.4, 0.5) is 0 Å². The second-order valence-corrected chi connectivity index (χ2v) is 4.46. The maximum atomic E-state index is 5.97. The summed E-state index contributed by atoms with van der Waals surface area (Å²) < 4.78 is 11.4. The zero-order valence-electron chi connectivity index (χ0n) is 10.7. The second-order valence-electron chi connectivity index (χ2n) is 4.46. The van der Waals surface area contributed by atoms with Gasteiger partial charge in [0.2, 0.25) is 0 Å². The van der Waals surface area contributed by atoms with Crippen LogP contribution in [0.2, 0.25) is 0 Å². The third-order valence-corrected chi connectivity index (χ3v) is 2.87. The fraction of sp³-hybridized carbons (Fsp3) is 0.467. The summed E-state index contributed by atoms with van der Waals surface area (Å²) in [7, 11) is 0. The van der Waals surface area contributed by atoms with Crippen LogP contribution < -0.4 is 10.5 Å². The normalized spacial score (nSPS) is 18.9. The molecule has 0 spiro atoms. The van der Waals surface area contributed by atoms with E-state index in [9.17, 15) is 0 Å². The zero-order valence-corrected chi connectivity index (χ0v) is 10.7. The van der Waals surface area contributed by atoms with Gasteiger partial charge in [0.05, 0.1) is 18.7 Å². The van der Waals surface area contributed by atoms with Crippen molar-refractivity contribution >= 4 is 0 Å². The fourth-order valence-electron chi connectivity index (χ4n) is 1.97. The topological polar surface area (TPSA) is 44.5 Å². The quantitative estimate of drug-likeness (QED) is 0.809. The van der Waals surface area contributed by atoms with Gasteiger partial charge < -0.3 is 15.2 Å². The first kappa shape index (κ1) is 12.9. The van der Waals surface area contributed by atoms with E-state index < -0.39 is 0 Å². The summed E-state index contributed by atoms with van der Waals surface area (Å²) >= 11 is 0. The van der Waals surface area contributed by atoms with Crippen molar-refractivity contribution in [1.29, 1.82) is 0 Å². The Labute approximate surface area is 108 Å². The molecule has 3 heteroatoms. The van der Waals surface area contributed by atoms with Gasteiger partial charge in [-0.05, 0) is 37.5 Å². The molecule has 0 aromatic heterocycles. The Hall–Kier alpha value is -1.50. The average molecular weight is 245 g/mol. The molecule has 1 unspecified atom stereocenters. The van der Waals surface area contributed by atoms with Gasteiger partial charge in [-0.3, -0.25) is 0 Å². The molecule has 1 aliphatic heterocycles. The van der Waals surface area contributed by atoms with E-state index in [1.165, 1.54) is 5.56 Å². The molecule has 0 radical (unpaired) electrons. The molecule has 0 bridgehead atoms. The summed E-state index contributed by atoms with van der Waals surface area (Å²) in [4.78, 5) is 0. The summed E-state index contributed by atoms with van der Waals surface area (Å²) in [5.74, 6) is 6.77. The molecule has 2 rings (SSSR count). The highest BCUT2D eigenvalue weighted by Crippen LogP contribution is 2.22. The molecule has 1 aromatic carbocycles. The first-order chi connectivity index (χ1) is 8.79. The molecule has 1 aromatic rings. The van der Waals surface area contributed by atoms with Gasteiger partial charge >= 0.3 is 0 Å². The molecule has 1 fully saturated rings. The number of rotatable bonds is 2. The number of benzene rings is 1. The van der Waals surface area contributed by atoms with Crippen molar-refractivity contribution < 1.29 is 9.47 Å². The van der Waals surface area contributed by atoms with Crippen LogP contribution in [0.5, 0.6) is 5.75 Å². The highest BCUT2D eigenvalue weighted by atomic mass is 16.5. The smallest absolute Gasteiger partial charge is 0.135 e. The van der Waals surface area contributed by atoms with Gasteiger partial charge in [0, 0.05) is 6.61 Å². The van der Waals surface area contributed by atoms with E-state index >= 15 is 0 Å². The molecule has 0 amide bonds. The largest absolute Gasteiger partial charge is 0.487 e. The molecule has 1 heterocycles. The Kier molecular flexibility index (Phi) is 4.63. The van der Waals surface area contributed by atoms with Crippen LogP contribution in [0.3, 0.4) is 0 Å². The van der Waals surface area contributed by atoms with E-state index in [1.54, 1.807) is 0 Å². The monoisotopic (exact) mass is 245 g/mol. The van der Waals surface area contributed by atoms with Gasteiger partial charge in [0.1, 0.15) is 11.9 Å². The Bertz CT molecular complexity index is 453. The van der Waals surface area contributed by atoms with E-state index in [0.717, 1.165) is 30.8 Å². The van der Waals surface area contributed by atoms with Crippen molar-refractivity contribution in [2.45, 2.75) is 25.9 Å². The van der Waals surface area contributed by atoms with Crippen molar-refractivity contribution in [3.05, 3.63) is 29.3 Å². The summed E-state index contributed by atoms with van der Waals surface area (Å²) in [6.45, 7) is 3.91. The molecular weight excluding hydrogens is 226 g/mol. The Morgan fingerprint density at radius 3 is 3.11 bits per heavy atom. The van der Waals surface area contributed by atoms with Crippen molar-refractivity contribution in [2.24, 2.45) is 5.73 Å². The first-order valence-corrected chi connectivity index (χ1v) is 6.33. The van der Waals surface area contributed by atoms with Crippen LogP contribution in [-0.2, 0) is 4.74 Å². The molecule has 0 aliphatic carbocycles. The standard InChI is InChI=1S/C15H19NO2/c1-12-6-7-15(13(10-12)4-2-8-16)18-14-5-3-9-17-11-14/h6-7,10,14H,3,5,8-9,11,16H2,1H3. The number of hydrogen-bond donors (Lipinski definition) is 1. The summed E-state index contributed by atoms with van der Waals surface area (Å²) in [6, 6.07) is 6.04. The lowest BCUT2D eigenvalue weighted by molar-refractivity contribution is 0.00731. The SMILES string of the molecule is Cc1ccc(OC2CCCOC2)c(C#CCN)c1. The lowest BCUT2D eigenvalue weighted by Gasteiger charge is -2.24. The van der Waals surface area contributed by atoms with Crippen molar-refractivity contribution in [3.8, 4) is 17.6 Å². The zero-order chi connectivity index (χ0) is 12.8. The van der Waals surface area contributed by atoms with E-state index in [4.69, 9.17) is 15.2 Å².